The number of carbonyl (C=O) groups is 2. The molecule has 2 amide bonds. The predicted octanol–water partition coefficient (Wildman–Crippen LogP) is 4.18. The summed E-state index contributed by atoms with van der Waals surface area (Å²) in [7, 11) is -3.52. The van der Waals surface area contributed by atoms with Crippen LogP contribution in [0.1, 0.15) is 56.7 Å². The van der Waals surface area contributed by atoms with E-state index in [0.29, 0.717) is 25.1 Å². The number of nitrogens with zero attached hydrogens (tertiary/aromatic N) is 2. The molecule has 0 radical (unpaired) electrons. The highest BCUT2D eigenvalue weighted by atomic mass is 32.2. The van der Waals surface area contributed by atoms with Crippen molar-refractivity contribution in [1.29, 1.82) is 0 Å². The molecule has 2 aromatic rings. The van der Waals surface area contributed by atoms with E-state index in [1.807, 2.05) is 71.0 Å². The first-order valence-corrected chi connectivity index (χ1v) is 14.0. The van der Waals surface area contributed by atoms with Gasteiger partial charge in [0.05, 0.1) is 11.9 Å². The van der Waals surface area contributed by atoms with E-state index in [2.05, 4.69) is 5.32 Å². The minimum absolute atomic E-state index is 0.0376. The Kier molecular flexibility index (Phi) is 10.3. The van der Waals surface area contributed by atoms with Gasteiger partial charge in [0.2, 0.25) is 21.8 Å². The number of amides is 2. The summed E-state index contributed by atoms with van der Waals surface area (Å²) < 4.78 is 26.3. The summed E-state index contributed by atoms with van der Waals surface area (Å²) >= 11 is 0. The number of carbonyl (C=O) groups excluding carboxylic acids is 2. The quantitative estimate of drug-likeness (QED) is 0.473. The molecular formula is C27H39N3O4S. The van der Waals surface area contributed by atoms with Gasteiger partial charge in [0, 0.05) is 25.6 Å². The molecule has 0 aromatic heterocycles. The Morgan fingerprint density at radius 2 is 1.57 bits per heavy atom. The lowest BCUT2D eigenvalue weighted by atomic mass is 10.0. The van der Waals surface area contributed by atoms with Crippen LogP contribution in [0.15, 0.2) is 48.5 Å². The average Bonchev–Trinajstić information content (AvgIpc) is 2.77. The fourth-order valence-corrected chi connectivity index (χ4v) is 5.12. The molecule has 1 atom stereocenters. The minimum atomic E-state index is -3.52. The number of benzene rings is 2. The minimum Gasteiger partial charge on any atom is -0.352 e. The molecule has 0 fully saturated rings. The number of nitrogens with one attached hydrogen (secondary N) is 1. The molecule has 0 bridgehead atoms. The molecule has 0 heterocycles. The van der Waals surface area contributed by atoms with Crippen molar-refractivity contribution < 1.29 is 18.0 Å². The number of hydrogen-bond acceptors (Lipinski definition) is 4. The molecule has 35 heavy (non-hydrogen) atoms. The van der Waals surface area contributed by atoms with Gasteiger partial charge >= 0.3 is 0 Å². The number of para-hydroxylation sites is 1. The first-order valence-electron chi connectivity index (χ1n) is 12.1. The summed E-state index contributed by atoms with van der Waals surface area (Å²) in [6.45, 7) is 10.0. The molecule has 2 aromatic carbocycles. The molecule has 0 saturated carbocycles. The van der Waals surface area contributed by atoms with Crippen molar-refractivity contribution in [2.24, 2.45) is 0 Å². The van der Waals surface area contributed by atoms with Crippen LogP contribution in [0, 0.1) is 13.8 Å². The zero-order valence-electron chi connectivity index (χ0n) is 21.7. The van der Waals surface area contributed by atoms with Gasteiger partial charge in [-0.05, 0) is 63.3 Å². The van der Waals surface area contributed by atoms with Crippen molar-refractivity contribution in [2.75, 3.05) is 17.1 Å². The topological polar surface area (TPSA) is 86.8 Å². The third-order valence-electron chi connectivity index (χ3n) is 5.96. The van der Waals surface area contributed by atoms with Gasteiger partial charge in [-0.2, -0.15) is 0 Å². The van der Waals surface area contributed by atoms with Crippen LogP contribution in [0.2, 0.25) is 0 Å². The molecule has 0 saturated heterocycles. The average molecular weight is 502 g/mol. The molecule has 8 heteroatoms. The molecule has 0 aliphatic carbocycles. The van der Waals surface area contributed by atoms with E-state index in [4.69, 9.17) is 0 Å². The third-order valence-corrected chi connectivity index (χ3v) is 7.14. The van der Waals surface area contributed by atoms with Gasteiger partial charge in [-0.3, -0.25) is 13.9 Å². The lowest BCUT2D eigenvalue weighted by Crippen LogP contribution is -2.50. The highest BCUT2D eigenvalue weighted by Gasteiger charge is 2.29. The van der Waals surface area contributed by atoms with Gasteiger partial charge in [-0.1, -0.05) is 49.4 Å². The van der Waals surface area contributed by atoms with E-state index in [1.54, 1.807) is 17.0 Å². The van der Waals surface area contributed by atoms with E-state index in [9.17, 15) is 18.0 Å². The number of hydrogen-bond donors (Lipinski definition) is 1. The number of aryl methyl sites for hydroxylation is 2. The van der Waals surface area contributed by atoms with Crippen LogP contribution in [0.3, 0.4) is 0 Å². The Labute approximate surface area is 210 Å². The summed E-state index contributed by atoms with van der Waals surface area (Å²) in [6.07, 6.45) is 2.13. The normalized spacial score (nSPS) is 12.3. The Morgan fingerprint density at radius 3 is 2.11 bits per heavy atom. The Hall–Kier alpha value is -2.87. The van der Waals surface area contributed by atoms with Crippen molar-refractivity contribution in [3.05, 3.63) is 65.2 Å². The SMILES string of the molecule is CC[C@@H](C(=O)NC(C)C)N(Cc1ccccc1C)C(=O)CCCN(c1ccccc1C)S(C)(=O)=O. The Balaban J connectivity index is 2.24. The molecule has 1 N–H and O–H groups in total. The van der Waals surface area contributed by atoms with Crippen LogP contribution in [0.4, 0.5) is 5.69 Å². The second-order valence-corrected chi connectivity index (χ2v) is 11.2. The standard InChI is InChI=1S/C27H39N3O4S/c1-7-24(27(32)28-20(2)3)29(19-23-15-10-8-13-21(23)4)26(31)17-12-18-30(35(6,33)34)25-16-11-9-14-22(25)5/h8-11,13-16,20,24H,7,12,17-19H2,1-6H3,(H,28,32)/t24-/m0/s1. The zero-order valence-corrected chi connectivity index (χ0v) is 22.6. The Bertz CT molecular complexity index is 1110. The maximum atomic E-state index is 13.5. The second kappa shape index (κ2) is 12.7. The Morgan fingerprint density at radius 1 is 0.971 bits per heavy atom. The maximum absolute atomic E-state index is 13.5. The first kappa shape index (κ1) is 28.4. The highest BCUT2D eigenvalue weighted by molar-refractivity contribution is 7.92. The largest absolute Gasteiger partial charge is 0.352 e. The molecule has 7 nitrogen and oxygen atoms in total. The molecule has 0 aliphatic heterocycles. The fourth-order valence-electron chi connectivity index (χ4n) is 4.10. The summed E-state index contributed by atoms with van der Waals surface area (Å²) in [5.41, 5.74) is 3.49. The predicted molar refractivity (Wildman–Crippen MR) is 142 cm³/mol. The first-order chi connectivity index (χ1) is 16.5. The summed E-state index contributed by atoms with van der Waals surface area (Å²) in [5.74, 6) is -0.348. The smallest absolute Gasteiger partial charge is 0.243 e. The molecule has 192 valence electrons. The number of anilines is 1. The van der Waals surface area contributed by atoms with E-state index >= 15 is 0 Å². The zero-order chi connectivity index (χ0) is 26.2. The fraction of sp³-hybridized carbons (Fsp3) is 0.481. The van der Waals surface area contributed by atoms with Crippen molar-refractivity contribution in [3.8, 4) is 0 Å². The van der Waals surface area contributed by atoms with Crippen LogP contribution in [0.25, 0.3) is 0 Å². The lowest BCUT2D eigenvalue weighted by Gasteiger charge is -2.32. The van der Waals surface area contributed by atoms with Crippen molar-refractivity contribution >= 4 is 27.5 Å². The molecule has 0 aliphatic rings. The van der Waals surface area contributed by atoms with Crippen molar-refractivity contribution in [3.63, 3.8) is 0 Å². The highest BCUT2D eigenvalue weighted by Crippen LogP contribution is 2.23. The number of rotatable bonds is 12. The van der Waals surface area contributed by atoms with Gasteiger partial charge in [0.1, 0.15) is 6.04 Å². The van der Waals surface area contributed by atoms with E-state index in [1.165, 1.54) is 10.6 Å². The van der Waals surface area contributed by atoms with Crippen molar-refractivity contribution in [1.82, 2.24) is 10.2 Å². The van der Waals surface area contributed by atoms with Crippen LogP contribution < -0.4 is 9.62 Å². The van der Waals surface area contributed by atoms with Gasteiger partial charge < -0.3 is 10.2 Å². The molecule has 0 spiro atoms. The van der Waals surface area contributed by atoms with Crippen LogP contribution in [0.5, 0.6) is 0 Å². The molecule has 0 unspecified atom stereocenters. The van der Waals surface area contributed by atoms with Gasteiger partial charge in [-0.15, -0.1) is 0 Å². The maximum Gasteiger partial charge on any atom is 0.243 e. The summed E-state index contributed by atoms with van der Waals surface area (Å²) in [4.78, 5) is 28.0. The van der Waals surface area contributed by atoms with Crippen LogP contribution >= 0.6 is 0 Å². The summed E-state index contributed by atoms with van der Waals surface area (Å²) in [5, 5.41) is 2.93. The van der Waals surface area contributed by atoms with Gasteiger partial charge in [0.25, 0.3) is 0 Å². The van der Waals surface area contributed by atoms with E-state index < -0.39 is 16.1 Å². The van der Waals surface area contributed by atoms with E-state index in [-0.39, 0.29) is 30.8 Å². The molecular weight excluding hydrogens is 462 g/mol. The summed E-state index contributed by atoms with van der Waals surface area (Å²) in [6, 6.07) is 14.5. The van der Waals surface area contributed by atoms with Gasteiger partial charge in [0.15, 0.2) is 0 Å². The third kappa shape index (κ3) is 8.09. The van der Waals surface area contributed by atoms with Gasteiger partial charge in [-0.25, -0.2) is 8.42 Å². The van der Waals surface area contributed by atoms with Crippen molar-refractivity contribution in [2.45, 2.75) is 72.5 Å². The van der Waals surface area contributed by atoms with E-state index in [0.717, 1.165) is 16.7 Å². The second-order valence-electron chi connectivity index (χ2n) is 9.26. The lowest BCUT2D eigenvalue weighted by molar-refractivity contribution is -0.141. The monoisotopic (exact) mass is 501 g/mol. The number of sulfonamides is 1. The van der Waals surface area contributed by atoms with Crippen LogP contribution in [-0.2, 0) is 26.2 Å². The molecule has 2 rings (SSSR count). The van der Waals surface area contributed by atoms with Crippen LogP contribution in [-0.4, -0.2) is 50.0 Å².